The number of thioether (sulfide) groups is 1. The van der Waals surface area contributed by atoms with E-state index in [1.165, 1.54) is 11.1 Å². The maximum absolute atomic E-state index is 12.9. The van der Waals surface area contributed by atoms with Gasteiger partial charge in [-0.3, -0.25) is 9.59 Å². The van der Waals surface area contributed by atoms with Gasteiger partial charge in [0.25, 0.3) is 0 Å². The van der Waals surface area contributed by atoms with Gasteiger partial charge in [0.2, 0.25) is 11.8 Å². The van der Waals surface area contributed by atoms with Crippen LogP contribution in [-0.2, 0) is 21.9 Å². The van der Waals surface area contributed by atoms with Crippen molar-refractivity contribution in [1.82, 2.24) is 10.2 Å². The maximum Gasteiger partial charge on any atom is 0.242 e. The molecule has 0 radical (unpaired) electrons. The smallest absolute Gasteiger partial charge is 0.242 e. The molecule has 0 aromatic heterocycles. The third-order valence-electron chi connectivity index (χ3n) is 4.63. The normalized spacial score (nSPS) is 11.7. The predicted molar refractivity (Wildman–Crippen MR) is 113 cm³/mol. The molecule has 2 amide bonds. The van der Waals surface area contributed by atoms with Crippen LogP contribution in [0.4, 0.5) is 0 Å². The maximum atomic E-state index is 12.9. The Hall–Kier alpha value is -2.27. The fourth-order valence-corrected chi connectivity index (χ4v) is 3.66. The van der Waals surface area contributed by atoms with Gasteiger partial charge in [-0.2, -0.15) is 0 Å². The van der Waals surface area contributed by atoms with Crippen LogP contribution in [0.3, 0.4) is 0 Å². The van der Waals surface area contributed by atoms with Crippen molar-refractivity contribution < 1.29 is 9.59 Å². The molecule has 2 aromatic carbocycles. The molecular formula is C22H28N2O2S. The summed E-state index contributed by atoms with van der Waals surface area (Å²) < 4.78 is 0. The first-order valence-corrected chi connectivity index (χ1v) is 10.3. The lowest BCUT2D eigenvalue weighted by molar-refractivity contribution is -0.138. The molecule has 0 aliphatic rings. The van der Waals surface area contributed by atoms with Crippen molar-refractivity contribution in [1.29, 1.82) is 0 Å². The predicted octanol–water partition coefficient (Wildman–Crippen LogP) is 3.70. The minimum absolute atomic E-state index is 0.0218. The van der Waals surface area contributed by atoms with Gasteiger partial charge in [-0.25, -0.2) is 0 Å². The van der Waals surface area contributed by atoms with Crippen molar-refractivity contribution in [3.05, 3.63) is 70.8 Å². The third kappa shape index (κ3) is 6.14. The molecule has 2 rings (SSSR count). The van der Waals surface area contributed by atoms with Crippen LogP contribution in [-0.4, -0.2) is 35.6 Å². The van der Waals surface area contributed by atoms with Crippen LogP contribution in [0.15, 0.2) is 48.5 Å². The fraction of sp³-hybridized carbons (Fsp3) is 0.364. The lowest BCUT2D eigenvalue weighted by Crippen LogP contribution is -2.47. The average Bonchev–Trinajstić information content (AvgIpc) is 2.67. The lowest BCUT2D eigenvalue weighted by atomic mass is 10.1. The molecule has 2 aromatic rings. The summed E-state index contributed by atoms with van der Waals surface area (Å²) in [6.07, 6.45) is 0. The summed E-state index contributed by atoms with van der Waals surface area (Å²) in [5.74, 6) is 0.951. The van der Waals surface area contributed by atoms with E-state index in [1.807, 2.05) is 31.2 Å². The number of likely N-dealkylation sites (N-methyl/N-ethyl adjacent to an activating group) is 1. The first-order valence-electron chi connectivity index (χ1n) is 9.11. The SMILES string of the molecule is CNC(=O)[C@H](C)N(Cc1ccccc1C)C(=O)CSCc1ccc(C)cc1. The van der Waals surface area contributed by atoms with Gasteiger partial charge in [-0.15, -0.1) is 11.8 Å². The van der Waals surface area contributed by atoms with Crippen LogP contribution in [0.2, 0.25) is 0 Å². The van der Waals surface area contributed by atoms with E-state index in [0.29, 0.717) is 12.3 Å². The van der Waals surface area contributed by atoms with E-state index in [0.717, 1.165) is 16.9 Å². The number of hydrogen-bond acceptors (Lipinski definition) is 3. The molecule has 0 unspecified atom stereocenters. The third-order valence-corrected chi connectivity index (χ3v) is 5.62. The summed E-state index contributed by atoms with van der Waals surface area (Å²) in [5, 5.41) is 2.65. The summed E-state index contributed by atoms with van der Waals surface area (Å²) in [6, 6.07) is 15.8. The standard InChI is InChI=1S/C22H28N2O2S/c1-16-9-11-19(12-10-16)14-27-15-21(25)24(18(3)22(26)23-4)13-20-8-6-5-7-17(20)2/h5-12,18H,13-15H2,1-4H3,(H,23,26)/t18-/m0/s1. The topological polar surface area (TPSA) is 49.4 Å². The Kier molecular flexibility index (Phi) is 7.92. The highest BCUT2D eigenvalue weighted by molar-refractivity contribution is 7.99. The Morgan fingerprint density at radius 3 is 2.37 bits per heavy atom. The number of carbonyl (C=O) groups is 2. The molecule has 1 atom stereocenters. The molecule has 0 spiro atoms. The van der Waals surface area contributed by atoms with Crippen molar-refractivity contribution in [2.75, 3.05) is 12.8 Å². The molecule has 0 heterocycles. The van der Waals surface area contributed by atoms with Crippen molar-refractivity contribution in [2.24, 2.45) is 0 Å². The zero-order valence-electron chi connectivity index (χ0n) is 16.5. The number of nitrogens with zero attached hydrogens (tertiary/aromatic N) is 1. The van der Waals surface area contributed by atoms with Crippen molar-refractivity contribution in [3.63, 3.8) is 0 Å². The molecule has 0 aliphatic carbocycles. The Morgan fingerprint density at radius 2 is 1.74 bits per heavy atom. The first kappa shape index (κ1) is 21.0. The number of aryl methyl sites for hydroxylation is 2. The Bertz CT molecular complexity index is 774. The van der Waals surface area contributed by atoms with Gasteiger partial charge in [-0.05, 0) is 37.5 Å². The minimum Gasteiger partial charge on any atom is -0.357 e. The molecule has 27 heavy (non-hydrogen) atoms. The average molecular weight is 385 g/mol. The molecule has 0 fully saturated rings. The summed E-state index contributed by atoms with van der Waals surface area (Å²) in [7, 11) is 1.60. The summed E-state index contributed by atoms with van der Waals surface area (Å²) in [5.41, 5.74) is 4.60. The Balaban J connectivity index is 2.04. The summed E-state index contributed by atoms with van der Waals surface area (Å²) >= 11 is 1.58. The molecule has 4 nitrogen and oxygen atoms in total. The Morgan fingerprint density at radius 1 is 1.07 bits per heavy atom. The highest BCUT2D eigenvalue weighted by atomic mass is 32.2. The number of amides is 2. The zero-order valence-corrected chi connectivity index (χ0v) is 17.3. The number of benzene rings is 2. The van der Waals surface area contributed by atoms with Gasteiger partial charge in [0.15, 0.2) is 0 Å². The van der Waals surface area contributed by atoms with Gasteiger partial charge in [-0.1, -0.05) is 54.1 Å². The number of nitrogens with one attached hydrogen (secondary N) is 1. The minimum atomic E-state index is -0.512. The van der Waals surface area contributed by atoms with Gasteiger partial charge in [0.05, 0.1) is 5.75 Å². The van der Waals surface area contributed by atoms with Crippen LogP contribution in [0.1, 0.15) is 29.2 Å². The molecule has 0 saturated carbocycles. The highest BCUT2D eigenvalue weighted by Gasteiger charge is 2.25. The van der Waals surface area contributed by atoms with E-state index >= 15 is 0 Å². The van der Waals surface area contributed by atoms with Crippen LogP contribution in [0.5, 0.6) is 0 Å². The molecule has 144 valence electrons. The number of rotatable bonds is 8. The number of hydrogen-bond donors (Lipinski definition) is 1. The highest BCUT2D eigenvalue weighted by Crippen LogP contribution is 2.17. The first-order chi connectivity index (χ1) is 12.9. The second kappa shape index (κ2) is 10.2. The van der Waals surface area contributed by atoms with Crippen LogP contribution in [0.25, 0.3) is 0 Å². The van der Waals surface area contributed by atoms with E-state index in [4.69, 9.17) is 0 Å². The molecule has 0 bridgehead atoms. The molecule has 0 aliphatic heterocycles. The van der Waals surface area contributed by atoms with E-state index in [1.54, 1.807) is 30.6 Å². The molecular weight excluding hydrogens is 356 g/mol. The van der Waals surface area contributed by atoms with Crippen LogP contribution < -0.4 is 5.32 Å². The van der Waals surface area contributed by atoms with Crippen LogP contribution in [0, 0.1) is 13.8 Å². The zero-order chi connectivity index (χ0) is 19.8. The van der Waals surface area contributed by atoms with E-state index in [9.17, 15) is 9.59 Å². The monoisotopic (exact) mass is 384 g/mol. The Labute approximate surface area is 166 Å². The second-order valence-corrected chi connectivity index (χ2v) is 7.70. The largest absolute Gasteiger partial charge is 0.357 e. The van der Waals surface area contributed by atoms with E-state index < -0.39 is 6.04 Å². The van der Waals surface area contributed by atoms with Crippen molar-refractivity contribution in [2.45, 2.75) is 39.1 Å². The van der Waals surface area contributed by atoms with Crippen molar-refractivity contribution >= 4 is 23.6 Å². The van der Waals surface area contributed by atoms with Crippen molar-refractivity contribution in [3.8, 4) is 0 Å². The summed E-state index contributed by atoms with van der Waals surface area (Å²) in [4.78, 5) is 26.7. The molecule has 1 N–H and O–H groups in total. The summed E-state index contributed by atoms with van der Waals surface area (Å²) in [6.45, 7) is 6.30. The molecule has 0 saturated heterocycles. The number of carbonyl (C=O) groups excluding carboxylic acids is 2. The van der Waals surface area contributed by atoms with Gasteiger partial charge in [0.1, 0.15) is 6.04 Å². The lowest BCUT2D eigenvalue weighted by Gasteiger charge is -2.29. The van der Waals surface area contributed by atoms with Crippen LogP contribution >= 0.6 is 11.8 Å². The molecule has 5 heteroatoms. The van der Waals surface area contributed by atoms with Gasteiger partial charge >= 0.3 is 0 Å². The van der Waals surface area contributed by atoms with E-state index in [2.05, 4.69) is 36.5 Å². The van der Waals surface area contributed by atoms with E-state index in [-0.39, 0.29) is 11.8 Å². The second-order valence-electron chi connectivity index (χ2n) is 6.72. The van der Waals surface area contributed by atoms with Gasteiger partial charge in [0, 0.05) is 19.3 Å². The quantitative estimate of drug-likeness (QED) is 0.755. The fourth-order valence-electron chi connectivity index (χ4n) is 2.79. The van der Waals surface area contributed by atoms with Gasteiger partial charge < -0.3 is 10.2 Å².